The van der Waals surface area contributed by atoms with Gasteiger partial charge >= 0.3 is 0 Å². The van der Waals surface area contributed by atoms with Crippen LogP contribution in [-0.4, -0.2) is 47.0 Å². The molecule has 7 heteroatoms. The van der Waals surface area contributed by atoms with Gasteiger partial charge in [-0.05, 0) is 13.3 Å². The summed E-state index contributed by atoms with van der Waals surface area (Å²) in [5, 5.41) is 0. The maximum atomic E-state index is 11.7. The molecule has 2 rings (SSSR count). The van der Waals surface area contributed by atoms with E-state index in [2.05, 4.69) is 15.0 Å². The van der Waals surface area contributed by atoms with Gasteiger partial charge in [-0.3, -0.25) is 4.79 Å². The Hall–Kier alpha value is -1.73. The maximum Gasteiger partial charge on any atom is 0.279 e. The molecule has 0 aromatic carbocycles. The minimum absolute atomic E-state index is 0.198. The molecule has 0 fully saturated rings. The number of ether oxygens (including phenoxy) is 2. The molecule has 0 unspecified atom stereocenters. The quantitative estimate of drug-likeness (QED) is 0.808. The lowest BCUT2D eigenvalue weighted by atomic mass is 10.1. The van der Waals surface area contributed by atoms with Gasteiger partial charge in [-0.15, -0.1) is 0 Å². The highest BCUT2D eigenvalue weighted by molar-refractivity contribution is 5.69. The van der Waals surface area contributed by atoms with Crippen LogP contribution in [0.3, 0.4) is 0 Å². The van der Waals surface area contributed by atoms with Gasteiger partial charge in [0.25, 0.3) is 5.56 Å². The number of hydrogen-bond acceptors (Lipinski definition) is 5. The molecule has 7 nitrogen and oxygen atoms in total. The summed E-state index contributed by atoms with van der Waals surface area (Å²) in [5.41, 5.74) is 0.807. The summed E-state index contributed by atoms with van der Waals surface area (Å²) in [7, 11) is 3.36. The lowest BCUT2D eigenvalue weighted by Gasteiger charge is -2.15. The second kappa shape index (κ2) is 6.62. The van der Waals surface area contributed by atoms with Crippen LogP contribution < -0.4 is 5.56 Å². The molecule has 110 valence electrons. The van der Waals surface area contributed by atoms with Crippen molar-refractivity contribution in [2.24, 2.45) is 5.92 Å². The second-order valence-corrected chi connectivity index (χ2v) is 4.83. The van der Waals surface area contributed by atoms with Crippen molar-refractivity contribution in [2.45, 2.75) is 19.9 Å². The van der Waals surface area contributed by atoms with Gasteiger partial charge in [-0.25, -0.2) is 9.97 Å². The second-order valence-electron chi connectivity index (χ2n) is 4.83. The molecule has 0 aliphatic carbocycles. The van der Waals surface area contributed by atoms with E-state index in [-0.39, 0.29) is 5.56 Å². The molecule has 1 N–H and O–H groups in total. The van der Waals surface area contributed by atoms with E-state index >= 15 is 0 Å². The minimum Gasteiger partial charge on any atom is -0.384 e. The smallest absolute Gasteiger partial charge is 0.279 e. The van der Waals surface area contributed by atoms with Crippen molar-refractivity contribution >= 4 is 11.2 Å². The number of imidazole rings is 1. The Morgan fingerprint density at radius 1 is 1.35 bits per heavy atom. The Kier molecular flexibility index (Phi) is 4.86. The van der Waals surface area contributed by atoms with Crippen molar-refractivity contribution in [2.75, 3.05) is 27.4 Å². The van der Waals surface area contributed by atoms with Crippen molar-refractivity contribution in [3.05, 3.63) is 22.5 Å². The third-order valence-corrected chi connectivity index (χ3v) is 3.18. The molecule has 0 spiro atoms. The molecule has 0 atom stereocenters. The Balaban J connectivity index is 2.15. The molecule has 2 aromatic heterocycles. The largest absolute Gasteiger partial charge is 0.384 e. The average molecular weight is 280 g/mol. The Morgan fingerprint density at radius 3 is 2.70 bits per heavy atom. The first-order chi connectivity index (χ1) is 9.65. The highest BCUT2D eigenvalue weighted by Gasteiger charge is 2.12. The van der Waals surface area contributed by atoms with Crippen LogP contribution >= 0.6 is 0 Å². The molecule has 0 bridgehead atoms. The van der Waals surface area contributed by atoms with Gasteiger partial charge in [-0.2, -0.15) is 0 Å². The number of aromatic amines is 1. The first kappa shape index (κ1) is 14.7. The number of rotatable bonds is 7. The normalized spacial score (nSPS) is 11.6. The van der Waals surface area contributed by atoms with E-state index < -0.39 is 0 Å². The molecule has 2 heterocycles. The lowest BCUT2D eigenvalue weighted by Crippen LogP contribution is -2.17. The summed E-state index contributed by atoms with van der Waals surface area (Å²) < 4.78 is 12.3. The summed E-state index contributed by atoms with van der Waals surface area (Å²) in [6.45, 7) is 3.78. The van der Waals surface area contributed by atoms with E-state index in [1.54, 1.807) is 27.5 Å². The van der Waals surface area contributed by atoms with E-state index in [0.29, 0.717) is 36.1 Å². The van der Waals surface area contributed by atoms with Crippen LogP contribution in [0.2, 0.25) is 0 Å². The zero-order valence-corrected chi connectivity index (χ0v) is 12.0. The van der Waals surface area contributed by atoms with Crippen LogP contribution in [0.1, 0.15) is 12.2 Å². The zero-order valence-electron chi connectivity index (χ0n) is 12.0. The molecule has 0 saturated heterocycles. The summed E-state index contributed by atoms with van der Waals surface area (Å²) in [6.07, 6.45) is 2.53. The molecular formula is C13H20N4O3. The van der Waals surface area contributed by atoms with Gasteiger partial charge < -0.3 is 19.0 Å². The predicted octanol–water partition coefficient (Wildman–Crippen LogP) is 0.727. The van der Waals surface area contributed by atoms with Crippen molar-refractivity contribution < 1.29 is 9.47 Å². The highest BCUT2D eigenvalue weighted by atomic mass is 16.5. The summed E-state index contributed by atoms with van der Waals surface area (Å²) in [6, 6.07) is 0. The number of aromatic nitrogens is 4. The third-order valence-electron chi connectivity index (χ3n) is 3.18. The van der Waals surface area contributed by atoms with E-state index in [0.717, 1.165) is 13.0 Å². The monoisotopic (exact) mass is 280 g/mol. The number of H-pyrrole nitrogens is 1. The van der Waals surface area contributed by atoms with Gasteiger partial charge in [0.2, 0.25) is 0 Å². The fourth-order valence-electron chi connectivity index (χ4n) is 2.24. The van der Waals surface area contributed by atoms with Gasteiger partial charge in [0, 0.05) is 26.7 Å². The Morgan fingerprint density at radius 2 is 2.05 bits per heavy atom. The summed E-state index contributed by atoms with van der Waals surface area (Å²) >= 11 is 0. The first-order valence-corrected chi connectivity index (χ1v) is 6.55. The van der Waals surface area contributed by atoms with E-state index in [1.165, 1.54) is 0 Å². The Bertz CT molecular complexity index is 614. The number of methoxy groups -OCH3 is 2. The zero-order chi connectivity index (χ0) is 14.5. The number of hydrogen-bond donors (Lipinski definition) is 1. The number of aryl methyl sites for hydroxylation is 2. The predicted molar refractivity (Wildman–Crippen MR) is 74.7 cm³/mol. The first-order valence-electron chi connectivity index (χ1n) is 6.55. The molecule has 0 aliphatic rings. The highest BCUT2D eigenvalue weighted by Crippen LogP contribution is 2.11. The SMILES string of the molecule is COCC(CCn1cnc2c(=O)[nH]c(C)nc21)COC. The van der Waals surface area contributed by atoms with Crippen LogP contribution in [0.15, 0.2) is 11.1 Å². The average Bonchev–Trinajstić information content (AvgIpc) is 2.80. The summed E-state index contributed by atoms with van der Waals surface area (Å²) in [4.78, 5) is 22.9. The van der Waals surface area contributed by atoms with E-state index in [4.69, 9.17) is 9.47 Å². The van der Waals surface area contributed by atoms with Gasteiger partial charge in [-0.1, -0.05) is 0 Å². The number of fused-ring (bicyclic) bond motifs is 1. The van der Waals surface area contributed by atoms with E-state index in [9.17, 15) is 4.79 Å². The van der Waals surface area contributed by atoms with E-state index in [1.807, 2.05) is 4.57 Å². The van der Waals surface area contributed by atoms with Gasteiger partial charge in [0.1, 0.15) is 5.82 Å². The summed E-state index contributed by atoms with van der Waals surface area (Å²) in [5.74, 6) is 0.903. The fraction of sp³-hybridized carbons (Fsp3) is 0.615. The minimum atomic E-state index is -0.198. The standard InChI is InChI=1S/C13H20N4O3/c1-9-15-12-11(13(18)16-9)14-8-17(12)5-4-10(6-19-2)7-20-3/h8,10H,4-7H2,1-3H3,(H,15,16,18). The van der Waals surface area contributed by atoms with Crippen LogP contribution in [0.25, 0.3) is 11.2 Å². The molecular weight excluding hydrogens is 260 g/mol. The lowest BCUT2D eigenvalue weighted by molar-refractivity contribution is 0.0784. The van der Waals surface area contributed by atoms with Crippen LogP contribution in [0, 0.1) is 12.8 Å². The van der Waals surface area contributed by atoms with Crippen LogP contribution in [0.4, 0.5) is 0 Å². The van der Waals surface area contributed by atoms with Crippen LogP contribution in [0.5, 0.6) is 0 Å². The number of nitrogens with zero attached hydrogens (tertiary/aromatic N) is 3. The van der Waals surface area contributed by atoms with Gasteiger partial charge in [0.05, 0.1) is 19.5 Å². The van der Waals surface area contributed by atoms with Crippen molar-refractivity contribution in [3.63, 3.8) is 0 Å². The molecule has 0 aliphatic heterocycles. The van der Waals surface area contributed by atoms with Crippen molar-refractivity contribution in [1.29, 1.82) is 0 Å². The molecule has 0 amide bonds. The van der Waals surface area contributed by atoms with Gasteiger partial charge in [0.15, 0.2) is 11.2 Å². The number of nitrogens with one attached hydrogen (secondary N) is 1. The topological polar surface area (TPSA) is 82.0 Å². The molecule has 0 radical (unpaired) electrons. The molecule has 2 aromatic rings. The third kappa shape index (κ3) is 3.23. The van der Waals surface area contributed by atoms with Crippen LogP contribution in [-0.2, 0) is 16.0 Å². The molecule has 20 heavy (non-hydrogen) atoms. The van der Waals surface area contributed by atoms with Crippen molar-refractivity contribution in [1.82, 2.24) is 19.5 Å². The van der Waals surface area contributed by atoms with Crippen molar-refractivity contribution in [3.8, 4) is 0 Å². The maximum absolute atomic E-state index is 11.7. The molecule has 0 saturated carbocycles. The Labute approximate surface area is 116 Å². The fourth-order valence-corrected chi connectivity index (χ4v) is 2.24.